The summed E-state index contributed by atoms with van der Waals surface area (Å²) in [5.74, 6) is -0.946. The van der Waals surface area contributed by atoms with Crippen molar-refractivity contribution in [3.63, 3.8) is 0 Å². The summed E-state index contributed by atoms with van der Waals surface area (Å²) in [5.41, 5.74) is 0.665. The smallest absolute Gasteiger partial charge is 0.299 e. The van der Waals surface area contributed by atoms with Crippen LogP contribution in [0.5, 0.6) is 5.88 Å². The molecule has 1 heterocycles. The number of hydrogen-bond donors (Lipinski definition) is 1. The number of nitrogens with zero attached hydrogens (tertiary/aromatic N) is 3. The average Bonchev–Trinajstić information content (AvgIpc) is 3.04. The van der Waals surface area contributed by atoms with E-state index in [-0.39, 0.29) is 10.6 Å². The van der Waals surface area contributed by atoms with E-state index in [0.717, 1.165) is 4.57 Å². The third-order valence-electron chi connectivity index (χ3n) is 4.34. The first-order valence-corrected chi connectivity index (χ1v) is 10.1. The summed E-state index contributed by atoms with van der Waals surface area (Å²) in [4.78, 5) is 12.9. The van der Waals surface area contributed by atoms with Gasteiger partial charge in [0.15, 0.2) is 5.69 Å². The van der Waals surface area contributed by atoms with Gasteiger partial charge in [-0.05, 0) is 30.3 Å². The van der Waals surface area contributed by atoms with Crippen molar-refractivity contribution in [2.24, 2.45) is 9.63 Å². The summed E-state index contributed by atoms with van der Waals surface area (Å²) < 4.78 is 29.4. The molecule has 0 aliphatic carbocycles. The van der Waals surface area contributed by atoms with Crippen LogP contribution in [0.2, 0.25) is 0 Å². The molecule has 0 radical (unpaired) electrons. The zero-order valence-corrected chi connectivity index (χ0v) is 15.8. The molecule has 8 heteroatoms. The van der Waals surface area contributed by atoms with E-state index in [9.17, 15) is 18.3 Å². The van der Waals surface area contributed by atoms with E-state index < -0.39 is 21.8 Å². The number of hydrogen-bond acceptors (Lipinski definition) is 5. The van der Waals surface area contributed by atoms with E-state index in [4.69, 9.17) is 0 Å². The summed E-state index contributed by atoms with van der Waals surface area (Å²) in [5, 5.41) is 14.9. The molecular weight excluding hydrogens is 390 g/mol. The predicted molar refractivity (Wildman–Crippen MR) is 108 cm³/mol. The van der Waals surface area contributed by atoms with Gasteiger partial charge in [0.05, 0.1) is 10.4 Å². The van der Waals surface area contributed by atoms with Crippen LogP contribution < -0.4 is 0 Å². The molecule has 0 saturated heterocycles. The van der Waals surface area contributed by atoms with Gasteiger partial charge >= 0.3 is 0 Å². The second-order valence-electron chi connectivity index (χ2n) is 6.17. The summed E-state index contributed by atoms with van der Waals surface area (Å²) >= 11 is 0. The van der Waals surface area contributed by atoms with Crippen LogP contribution in [0.1, 0.15) is 10.4 Å². The van der Waals surface area contributed by atoms with Crippen molar-refractivity contribution in [2.75, 3.05) is 0 Å². The van der Waals surface area contributed by atoms with Crippen LogP contribution in [0.15, 0.2) is 99.5 Å². The standard InChI is InChI=1S/C21H15N3O4S/c25-20(15-9-3-1-4-10-15)24-18-14-8-7-13-17(18)19(21(24)26)22-23-29(27,28)16-11-5-2-6-12-16/h1-14,26H. The molecule has 0 fully saturated rings. The quantitative estimate of drug-likeness (QED) is 0.505. The Labute approximate surface area is 166 Å². The van der Waals surface area contributed by atoms with Gasteiger partial charge in [-0.3, -0.25) is 4.79 Å². The average molecular weight is 405 g/mol. The largest absolute Gasteiger partial charge is 0.493 e. The van der Waals surface area contributed by atoms with Crippen LogP contribution in [0.3, 0.4) is 0 Å². The molecule has 7 nitrogen and oxygen atoms in total. The summed E-state index contributed by atoms with van der Waals surface area (Å²) in [7, 11) is -4.05. The molecule has 4 aromatic rings. The van der Waals surface area contributed by atoms with Gasteiger partial charge in [0.1, 0.15) is 0 Å². The van der Waals surface area contributed by atoms with Crippen LogP contribution >= 0.6 is 0 Å². The Bertz CT molecular complexity index is 1330. The number of carbonyl (C=O) groups is 1. The molecular formula is C21H15N3O4S. The molecule has 0 saturated carbocycles. The summed E-state index contributed by atoms with van der Waals surface area (Å²) in [6.45, 7) is 0. The number of aromatic hydroxyl groups is 1. The highest BCUT2D eigenvalue weighted by atomic mass is 32.2. The van der Waals surface area contributed by atoms with Gasteiger partial charge in [0.2, 0.25) is 5.88 Å². The molecule has 1 N–H and O–H groups in total. The summed E-state index contributed by atoms with van der Waals surface area (Å²) in [6.07, 6.45) is 0. The molecule has 0 unspecified atom stereocenters. The number of benzene rings is 3. The highest BCUT2D eigenvalue weighted by Crippen LogP contribution is 2.39. The Hall–Kier alpha value is -3.78. The lowest BCUT2D eigenvalue weighted by Crippen LogP contribution is -2.10. The van der Waals surface area contributed by atoms with Crippen LogP contribution in [0.4, 0.5) is 5.69 Å². The Morgan fingerprint density at radius 2 is 1.41 bits per heavy atom. The maximum absolute atomic E-state index is 12.9. The number of sulfonamides is 1. The van der Waals surface area contributed by atoms with E-state index >= 15 is 0 Å². The lowest BCUT2D eigenvalue weighted by Gasteiger charge is -2.05. The van der Waals surface area contributed by atoms with Crippen LogP contribution in [-0.4, -0.2) is 24.0 Å². The third kappa shape index (κ3) is 3.41. The van der Waals surface area contributed by atoms with Gasteiger partial charge < -0.3 is 5.11 Å². The van der Waals surface area contributed by atoms with Crippen molar-refractivity contribution in [2.45, 2.75) is 4.90 Å². The van der Waals surface area contributed by atoms with Crippen molar-refractivity contribution in [1.29, 1.82) is 0 Å². The first kappa shape index (κ1) is 18.6. The molecule has 0 aliphatic heterocycles. The fourth-order valence-electron chi connectivity index (χ4n) is 2.96. The van der Waals surface area contributed by atoms with Crippen molar-refractivity contribution >= 4 is 32.5 Å². The number of fused-ring (bicyclic) bond motifs is 1. The molecule has 1 aromatic heterocycles. The Kier molecular flexibility index (Phi) is 4.69. The molecule has 3 aromatic carbocycles. The number of rotatable bonds is 4. The van der Waals surface area contributed by atoms with Crippen LogP contribution in [0, 0.1) is 0 Å². The zero-order chi connectivity index (χ0) is 20.4. The maximum atomic E-state index is 12.9. The van der Waals surface area contributed by atoms with Gasteiger partial charge in [-0.25, -0.2) is 4.57 Å². The molecule has 0 atom stereocenters. The normalized spacial score (nSPS) is 11.9. The van der Waals surface area contributed by atoms with Crippen LogP contribution in [0.25, 0.3) is 10.9 Å². The topological polar surface area (TPSA) is 101 Å². The lowest BCUT2D eigenvalue weighted by molar-refractivity contribution is 0.0957. The molecule has 0 amide bonds. The van der Waals surface area contributed by atoms with E-state index in [1.807, 2.05) is 0 Å². The number of carbonyl (C=O) groups excluding carboxylic acids is 1. The first-order chi connectivity index (χ1) is 14.0. The Morgan fingerprint density at radius 1 is 0.828 bits per heavy atom. The molecule has 29 heavy (non-hydrogen) atoms. The van der Waals surface area contributed by atoms with E-state index in [2.05, 4.69) is 9.63 Å². The van der Waals surface area contributed by atoms with Crippen molar-refractivity contribution in [3.8, 4) is 5.88 Å². The molecule has 0 aliphatic rings. The second kappa shape index (κ2) is 7.33. The van der Waals surface area contributed by atoms with Crippen molar-refractivity contribution < 1.29 is 18.3 Å². The fourth-order valence-corrected chi connectivity index (χ4v) is 3.74. The first-order valence-electron chi connectivity index (χ1n) is 8.64. The van der Waals surface area contributed by atoms with Gasteiger partial charge in [-0.2, -0.15) is 8.42 Å². The monoisotopic (exact) mass is 405 g/mol. The zero-order valence-electron chi connectivity index (χ0n) is 15.0. The van der Waals surface area contributed by atoms with Gasteiger partial charge in [-0.1, -0.05) is 59.1 Å². The van der Waals surface area contributed by atoms with E-state index in [0.29, 0.717) is 16.5 Å². The molecule has 0 spiro atoms. The predicted octanol–water partition coefficient (Wildman–Crippen LogP) is 4.51. The summed E-state index contributed by atoms with van der Waals surface area (Å²) in [6, 6.07) is 22.8. The minimum Gasteiger partial charge on any atom is -0.493 e. The van der Waals surface area contributed by atoms with E-state index in [1.54, 1.807) is 72.8 Å². The number of aromatic nitrogens is 1. The third-order valence-corrected chi connectivity index (χ3v) is 5.50. The van der Waals surface area contributed by atoms with E-state index in [1.165, 1.54) is 12.1 Å². The molecule has 4 rings (SSSR count). The highest BCUT2D eigenvalue weighted by Gasteiger charge is 2.23. The number of para-hydroxylation sites is 1. The molecule has 144 valence electrons. The van der Waals surface area contributed by atoms with Gasteiger partial charge in [-0.15, -0.1) is 5.11 Å². The highest BCUT2D eigenvalue weighted by molar-refractivity contribution is 7.90. The maximum Gasteiger partial charge on any atom is 0.299 e. The minimum atomic E-state index is -4.05. The van der Waals surface area contributed by atoms with Crippen LogP contribution in [-0.2, 0) is 10.0 Å². The van der Waals surface area contributed by atoms with Gasteiger partial charge in [0.25, 0.3) is 15.9 Å². The van der Waals surface area contributed by atoms with Crippen molar-refractivity contribution in [1.82, 2.24) is 4.57 Å². The second-order valence-corrected chi connectivity index (χ2v) is 7.75. The lowest BCUT2D eigenvalue weighted by atomic mass is 10.2. The Balaban J connectivity index is 1.85. The Morgan fingerprint density at radius 3 is 2.10 bits per heavy atom. The molecule has 0 bridgehead atoms. The van der Waals surface area contributed by atoms with Gasteiger partial charge in [0, 0.05) is 10.9 Å². The fraction of sp³-hybridized carbons (Fsp3) is 0. The SMILES string of the molecule is O=C(c1ccccc1)n1c(O)c(N=NS(=O)(=O)c2ccccc2)c2ccccc21. The van der Waals surface area contributed by atoms with Crippen molar-refractivity contribution in [3.05, 3.63) is 90.5 Å². The minimum absolute atomic E-state index is 0.0210.